The maximum absolute atomic E-state index is 9.96. The van der Waals surface area contributed by atoms with Crippen LogP contribution >= 0.6 is 0 Å². The molecule has 0 aromatic heterocycles. The molecule has 0 saturated heterocycles. The van der Waals surface area contributed by atoms with Gasteiger partial charge < -0.3 is 10.2 Å². The quantitative estimate of drug-likeness (QED) is 0.672. The van der Waals surface area contributed by atoms with Gasteiger partial charge in [0.15, 0.2) is 0 Å². The van der Waals surface area contributed by atoms with Gasteiger partial charge in [-0.3, -0.25) is 9.59 Å². The summed E-state index contributed by atoms with van der Waals surface area (Å²) < 4.78 is 0. The van der Waals surface area contributed by atoms with Gasteiger partial charge in [0.05, 0.1) is 5.92 Å². The minimum atomic E-state index is -0.741. The lowest BCUT2D eigenvalue weighted by atomic mass is 10.2. The van der Waals surface area contributed by atoms with E-state index in [0.29, 0.717) is 6.42 Å². The van der Waals surface area contributed by atoms with E-state index in [1.807, 2.05) is 0 Å². The Balaban J connectivity index is 0. The van der Waals surface area contributed by atoms with E-state index in [0.717, 1.165) is 19.3 Å². The molecule has 4 heteroatoms. The zero-order valence-electron chi connectivity index (χ0n) is 9.82. The fourth-order valence-corrected chi connectivity index (χ4v) is 0.703. The molecule has 0 aliphatic carbocycles. The molecule has 0 atom stereocenters. The normalized spacial score (nSPS) is 9.33. The van der Waals surface area contributed by atoms with Gasteiger partial charge in [-0.05, 0) is 6.42 Å². The van der Waals surface area contributed by atoms with Gasteiger partial charge in [-0.25, -0.2) is 0 Å². The molecule has 2 N–H and O–H groups in total. The number of rotatable bonds is 6. The third-order valence-corrected chi connectivity index (χ3v) is 1.74. The number of carboxylic acids is 2. The van der Waals surface area contributed by atoms with Gasteiger partial charge in [0, 0.05) is 6.42 Å². The molecule has 15 heavy (non-hydrogen) atoms. The lowest BCUT2D eigenvalue weighted by Crippen LogP contribution is -2.03. The minimum absolute atomic E-state index is 0.231. The maximum Gasteiger partial charge on any atom is 0.305 e. The van der Waals surface area contributed by atoms with Crippen LogP contribution < -0.4 is 0 Å². The SMILES string of the molecule is CC(C)C(=O)O.CCCCCCC(=O)O. The van der Waals surface area contributed by atoms with E-state index in [4.69, 9.17) is 10.2 Å². The predicted molar refractivity (Wildman–Crippen MR) is 58.9 cm³/mol. The van der Waals surface area contributed by atoms with Gasteiger partial charge >= 0.3 is 11.9 Å². The van der Waals surface area contributed by atoms with Crippen LogP contribution in [-0.2, 0) is 9.59 Å². The van der Waals surface area contributed by atoms with Crippen LogP contribution in [-0.4, -0.2) is 22.2 Å². The minimum Gasteiger partial charge on any atom is -0.481 e. The first-order chi connectivity index (χ1) is 6.91. The van der Waals surface area contributed by atoms with E-state index in [1.54, 1.807) is 13.8 Å². The molecule has 0 aliphatic rings. The number of hydrogen-bond donors (Lipinski definition) is 2. The lowest BCUT2D eigenvalue weighted by Gasteiger charge is -1.92. The van der Waals surface area contributed by atoms with Crippen molar-refractivity contribution in [1.82, 2.24) is 0 Å². The molecule has 0 aromatic carbocycles. The van der Waals surface area contributed by atoms with Crippen molar-refractivity contribution in [2.75, 3.05) is 0 Å². The highest BCUT2D eigenvalue weighted by Gasteiger charge is 1.99. The zero-order valence-corrected chi connectivity index (χ0v) is 9.82. The van der Waals surface area contributed by atoms with E-state index in [2.05, 4.69) is 6.92 Å². The Morgan fingerprint density at radius 3 is 1.80 bits per heavy atom. The van der Waals surface area contributed by atoms with Crippen LogP contribution in [0.1, 0.15) is 52.9 Å². The van der Waals surface area contributed by atoms with Gasteiger partial charge in [0.25, 0.3) is 0 Å². The number of hydrogen-bond acceptors (Lipinski definition) is 2. The number of unbranched alkanes of at least 4 members (excludes halogenated alkanes) is 3. The number of aliphatic carboxylic acids is 2. The lowest BCUT2D eigenvalue weighted by molar-refractivity contribution is -0.140. The summed E-state index contributed by atoms with van der Waals surface area (Å²) in [5.74, 6) is -1.65. The van der Waals surface area contributed by atoms with Crippen molar-refractivity contribution in [1.29, 1.82) is 0 Å². The third kappa shape index (κ3) is 19.4. The zero-order chi connectivity index (χ0) is 12.3. The fourth-order valence-electron chi connectivity index (χ4n) is 0.703. The van der Waals surface area contributed by atoms with E-state index in [-0.39, 0.29) is 5.92 Å². The van der Waals surface area contributed by atoms with Gasteiger partial charge in [0.1, 0.15) is 0 Å². The van der Waals surface area contributed by atoms with Crippen molar-refractivity contribution in [2.24, 2.45) is 5.92 Å². The molecule has 0 saturated carbocycles. The molecule has 0 bridgehead atoms. The highest BCUT2D eigenvalue weighted by atomic mass is 16.4. The fraction of sp³-hybridized carbons (Fsp3) is 0.818. The molecule has 0 heterocycles. The average molecular weight is 218 g/mol. The number of carbonyl (C=O) groups is 2. The molecule has 0 unspecified atom stereocenters. The summed E-state index contributed by atoms with van der Waals surface area (Å²) in [4.78, 5) is 19.7. The molecule has 0 aliphatic heterocycles. The van der Waals surface area contributed by atoms with Crippen LogP contribution in [0.25, 0.3) is 0 Å². The summed E-state index contributed by atoms with van der Waals surface area (Å²) in [6, 6.07) is 0. The van der Waals surface area contributed by atoms with Crippen molar-refractivity contribution in [2.45, 2.75) is 52.9 Å². The van der Waals surface area contributed by atoms with E-state index in [1.165, 1.54) is 6.42 Å². The first kappa shape index (κ1) is 16.4. The Labute approximate surface area is 91.3 Å². The highest BCUT2D eigenvalue weighted by molar-refractivity contribution is 5.68. The first-order valence-corrected chi connectivity index (χ1v) is 5.36. The molecule has 4 nitrogen and oxygen atoms in total. The van der Waals surface area contributed by atoms with Crippen molar-refractivity contribution in [3.05, 3.63) is 0 Å². The van der Waals surface area contributed by atoms with Crippen LogP contribution in [0.2, 0.25) is 0 Å². The second-order valence-electron chi connectivity index (χ2n) is 3.70. The second kappa shape index (κ2) is 11.0. The molecule has 0 rings (SSSR count). The molecule has 0 spiro atoms. The van der Waals surface area contributed by atoms with Crippen LogP contribution in [0.4, 0.5) is 0 Å². The smallest absolute Gasteiger partial charge is 0.305 e. The highest BCUT2D eigenvalue weighted by Crippen LogP contribution is 2.01. The van der Waals surface area contributed by atoms with Gasteiger partial charge in [-0.1, -0.05) is 40.0 Å². The van der Waals surface area contributed by atoms with Gasteiger partial charge in [0.2, 0.25) is 0 Å². The maximum atomic E-state index is 9.96. The summed E-state index contributed by atoms with van der Waals surface area (Å²) >= 11 is 0. The first-order valence-electron chi connectivity index (χ1n) is 5.36. The Kier molecular flexibility index (Phi) is 12.0. The van der Waals surface area contributed by atoms with E-state index >= 15 is 0 Å². The summed E-state index contributed by atoms with van der Waals surface area (Å²) in [5.41, 5.74) is 0. The summed E-state index contributed by atoms with van der Waals surface area (Å²) in [5, 5.41) is 16.2. The van der Waals surface area contributed by atoms with Crippen LogP contribution in [0.3, 0.4) is 0 Å². The molecular weight excluding hydrogens is 196 g/mol. The largest absolute Gasteiger partial charge is 0.481 e. The van der Waals surface area contributed by atoms with Crippen LogP contribution in [0.15, 0.2) is 0 Å². The summed E-state index contributed by atoms with van der Waals surface area (Å²) in [7, 11) is 0. The van der Waals surface area contributed by atoms with Crippen molar-refractivity contribution in [3.8, 4) is 0 Å². The topological polar surface area (TPSA) is 74.6 Å². The standard InChI is InChI=1S/C7H14O2.C4H8O2/c1-2-3-4-5-6-7(8)9;1-3(2)4(5)6/h2-6H2,1H3,(H,8,9);3H,1-2H3,(H,5,6). The predicted octanol–water partition coefficient (Wildman–Crippen LogP) is 2.77. The van der Waals surface area contributed by atoms with Crippen LogP contribution in [0.5, 0.6) is 0 Å². The molecule has 0 fully saturated rings. The van der Waals surface area contributed by atoms with Gasteiger partial charge in [-0.15, -0.1) is 0 Å². The van der Waals surface area contributed by atoms with Gasteiger partial charge in [-0.2, -0.15) is 0 Å². The Morgan fingerprint density at radius 1 is 1.07 bits per heavy atom. The average Bonchev–Trinajstić information content (AvgIpc) is 2.13. The second-order valence-corrected chi connectivity index (χ2v) is 3.70. The summed E-state index contributed by atoms with van der Waals surface area (Å²) in [6.45, 7) is 5.39. The number of carboxylic acid groups (broad SMARTS) is 2. The molecule has 90 valence electrons. The molecule has 0 radical (unpaired) electrons. The summed E-state index contributed by atoms with van der Waals surface area (Å²) in [6.07, 6.45) is 4.55. The Bertz CT molecular complexity index is 175. The Morgan fingerprint density at radius 2 is 1.53 bits per heavy atom. The monoisotopic (exact) mass is 218 g/mol. The van der Waals surface area contributed by atoms with Crippen molar-refractivity contribution < 1.29 is 19.8 Å². The molecule has 0 amide bonds. The molecule has 0 aromatic rings. The van der Waals surface area contributed by atoms with E-state index < -0.39 is 11.9 Å². The molecular formula is C11H22O4. The third-order valence-electron chi connectivity index (χ3n) is 1.74. The van der Waals surface area contributed by atoms with E-state index in [9.17, 15) is 9.59 Å². The van der Waals surface area contributed by atoms with Crippen molar-refractivity contribution >= 4 is 11.9 Å². The van der Waals surface area contributed by atoms with Crippen molar-refractivity contribution in [3.63, 3.8) is 0 Å². The Hall–Kier alpha value is -1.06. The van der Waals surface area contributed by atoms with Crippen LogP contribution in [0, 0.1) is 5.92 Å².